The third-order valence-corrected chi connectivity index (χ3v) is 4.47. The van der Waals surface area contributed by atoms with E-state index in [9.17, 15) is 0 Å². The highest BCUT2D eigenvalue weighted by Gasteiger charge is 2.14. The molecule has 0 saturated carbocycles. The first-order valence-electron chi connectivity index (χ1n) is 10.0. The van der Waals surface area contributed by atoms with Crippen LogP contribution in [-0.2, 0) is 16.0 Å². The molecule has 1 aliphatic heterocycles. The summed E-state index contributed by atoms with van der Waals surface area (Å²) in [7, 11) is 0. The van der Waals surface area contributed by atoms with Crippen LogP contribution in [0.5, 0.6) is 0 Å². The molecule has 1 fully saturated rings. The minimum atomic E-state index is 0.294. The summed E-state index contributed by atoms with van der Waals surface area (Å²) in [5.74, 6) is 0.821. The lowest BCUT2D eigenvalue weighted by Crippen LogP contribution is -2.38. The van der Waals surface area contributed by atoms with Gasteiger partial charge >= 0.3 is 0 Å². The van der Waals surface area contributed by atoms with E-state index in [1.807, 2.05) is 12.1 Å². The van der Waals surface area contributed by atoms with Crippen molar-refractivity contribution in [1.29, 1.82) is 0 Å². The minimum Gasteiger partial charge on any atom is -0.379 e. The maximum Gasteiger partial charge on any atom is 0.191 e. The molecule has 0 radical (unpaired) electrons. The number of aliphatic imine (C=N–C) groups is 1. The number of nitrogens with zero attached hydrogens (tertiary/aromatic N) is 4. The van der Waals surface area contributed by atoms with Gasteiger partial charge in [0.05, 0.1) is 24.9 Å². The van der Waals surface area contributed by atoms with Crippen LogP contribution in [0.1, 0.15) is 31.7 Å². The van der Waals surface area contributed by atoms with Crippen molar-refractivity contribution >= 4 is 5.96 Å². The van der Waals surface area contributed by atoms with E-state index in [-0.39, 0.29) is 0 Å². The Morgan fingerprint density at radius 2 is 2.21 bits per heavy atom. The lowest BCUT2D eigenvalue weighted by molar-refractivity contribution is 0.0168. The molecule has 8 heteroatoms. The molecule has 1 aliphatic rings. The van der Waals surface area contributed by atoms with Gasteiger partial charge in [-0.25, -0.2) is 14.7 Å². The second kappa shape index (κ2) is 11.4. The summed E-state index contributed by atoms with van der Waals surface area (Å²) in [5, 5.41) is 10.8. The predicted molar refractivity (Wildman–Crippen MR) is 109 cm³/mol. The van der Waals surface area contributed by atoms with Crippen LogP contribution in [0, 0.1) is 0 Å². The molecular formula is C20H30N6O2. The van der Waals surface area contributed by atoms with E-state index >= 15 is 0 Å². The van der Waals surface area contributed by atoms with Crippen molar-refractivity contribution < 1.29 is 9.47 Å². The average molecular weight is 387 g/mol. The molecule has 0 aliphatic carbocycles. The molecule has 1 saturated heterocycles. The predicted octanol–water partition coefficient (Wildman–Crippen LogP) is 1.91. The largest absolute Gasteiger partial charge is 0.379 e. The normalized spacial score (nSPS) is 17.0. The SMILES string of the molecule is CCNC(=NCc1ccc(-n2cncn2)cc1)NCCCOCC1CCCO1. The topological polar surface area (TPSA) is 85.6 Å². The highest BCUT2D eigenvalue weighted by Crippen LogP contribution is 2.12. The van der Waals surface area contributed by atoms with E-state index in [0.29, 0.717) is 19.3 Å². The van der Waals surface area contributed by atoms with Crippen LogP contribution < -0.4 is 10.6 Å². The van der Waals surface area contributed by atoms with Gasteiger partial charge in [-0.3, -0.25) is 0 Å². The van der Waals surface area contributed by atoms with Crippen molar-refractivity contribution in [2.24, 2.45) is 4.99 Å². The summed E-state index contributed by atoms with van der Waals surface area (Å²) in [6, 6.07) is 8.16. The zero-order chi connectivity index (χ0) is 19.4. The van der Waals surface area contributed by atoms with Gasteiger partial charge in [-0.1, -0.05) is 12.1 Å². The molecule has 1 atom stereocenters. The molecule has 28 heavy (non-hydrogen) atoms. The first-order valence-corrected chi connectivity index (χ1v) is 10.0. The monoisotopic (exact) mass is 386 g/mol. The molecule has 2 heterocycles. The molecule has 1 aromatic carbocycles. The van der Waals surface area contributed by atoms with Crippen LogP contribution >= 0.6 is 0 Å². The standard InChI is InChI=1S/C20H30N6O2/c1-2-22-20(23-10-4-11-27-14-19-5-3-12-28-19)24-13-17-6-8-18(9-7-17)26-16-21-15-25-26/h6-9,15-16,19H,2-5,10-14H2,1H3,(H2,22,23,24). The number of rotatable bonds is 10. The fraction of sp³-hybridized carbons (Fsp3) is 0.550. The summed E-state index contributed by atoms with van der Waals surface area (Å²) in [6.07, 6.45) is 6.72. The van der Waals surface area contributed by atoms with Gasteiger partial charge in [-0.15, -0.1) is 0 Å². The maximum absolute atomic E-state index is 5.69. The minimum absolute atomic E-state index is 0.294. The van der Waals surface area contributed by atoms with Gasteiger partial charge in [0.1, 0.15) is 12.7 Å². The number of benzene rings is 1. The van der Waals surface area contributed by atoms with Crippen LogP contribution in [0.2, 0.25) is 0 Å². The first kappa shape index (κ1) is 20.3. The quantitative estimate of drug-likeness (QED) is 0.369. The molecule has 152 valence electrons. The summed E-state index contributed by atoms with van der Waals surface area (Å²) < 4.78 is 13.0. The Bertz CT molecular complexity index is 696. The summed E-state index contributed by atoms with van der Waals surface area (Å²) in [6.45, 7) is 6.64. The summed E-state index contributed by atoms with van der Waals surface area (Å²) in [5.41, 5.74) is 2.12. The number of nitrogens with one attached hydrogen (secondary N) is 2. The molecule has 1 aromatic heterocycles. The molecule has 2 N–H and O–H groups in total. The molecule has 1 unspecified atom stereocenters. The van der Waals surface area contributed by atoms with Crippen molar-refractivity contribution in [3.63, 3.8) is 0 Å². The summed E-state index contributed by atoms with van der Waals surface area (Å²) >= 11 is 0. The second-order valence-electron chi connectivity index (χ2n) is 6.69. The van der Waals surface area contributed by atoms with Gasteiger partial charge in [-0.05, 0) is 43.9 Å². The van der Waals surface area contributed by atoms with Gasteiger partial charge in [0.25, 0.3) is 0 Å². The lowest BCUT2D eigenvalue weighted by Gasteiger charge is -2.12. The Kier molecular flexibility index (Phi) is 8.26. The zero-order valence-corrected chi connectivity index (χ0v) is 16.5. The second-order valence-corrected chi connectivity index (χ2v) is 6.69. The molecule has 2 aromatic rings. The van der Waals surface area contributed by atoms with Crippen LogP contribution in [0.25, 0.3) is 5.69 Å². The van der Waals surface area contributed by atoms with Crippen molar-refractivity contribution in [1.82, 2.24) is 25.4 Å². The van der Waals surface area contributed by atoms with Crippen LogP contribution in [0.15, 0.2) is 41.9 Å². The van der Waals surface area contributed by atoms with Crippen molar-refractivity contribution in [2.45, 2.75) is 38.8 Å². The molecule has 0 bridgehead atoms. The fourth-order valence-corrected chi connectivity index (χ4v) is 2.98. The van der Waals surface area contributed by atoms with Gasteiger partial charge < -0.3 is 20.1 Å². The lowest BCUT2D eigenvalue weighted by atomic mass is 10.2. The van der Waals surface area contributed by atoms with E-state index in [0.717, 1.165) is 62.8 Å². The maximum atomic E-state index is 5.69. The number of hydrogen-bond acceptors (Lipinski definition) is 5. The van der Waals surface area contributed by atoms with Crippen LogP contribution in [-0.4, -0.2) is 59.7 Å². The van der Waals surface area contributed by atoms with Crippen molar-refractivity contribution in [3.05, 3.63) is 42.5 Å². The number of guanidine groups is 1. The average Bonchev–Trinajstić information content (AvgIpc) is 3.43. The Morgan fingerprint density at radius 1 is 1.32 bits per heavy atom. The van der Waals surface area contributed by atoms with Crippen LogP contribution in [0.3, 0.4) is 0 Å². The first-order chi connectivity index (χ1) is 13.8. The summed E-state index contributed by atoms with van der Waals surface area (Å²) in [4.78, 5) is 8.62. The Morgan fingerprint density at radius 3 is 2.93 bits per heavy atom. The zero-order valence-electron chi connectivity index (χ0n) is 16.5. The van der Waals surface area contributed by atoms with Gasteiger partial charge in [0.2, 0.25) is 0 Å². The molecular weight excluding hydrogens is 356 g/mol. The van der Waals surface area contributed by atoms with Gasteiger partial charge in [-0.2, -0.15) is 5.10 Å². The molecule has 0 spiro atoms. The Labute approximate surface area is 166 Å². The van der Waals surface area contributed by atoms with E-state index in [1.165, 1.54) is 6.33 Å². The highest BCUT2D eigenvalue weighted by molar-refractivity contribution is 5.79. The van der Waals surface area contributed by atoms with Crippen molar-refractivity contribution in [2.75, 3.05) is 32.9 Å². The van der Waals surface area contributed by atoms with E-state index in [4.69, 9.17) is 9.47 Å². The smallest absolute Gasteiger partial charge is 0.191 e. The van der Waals surface area contributed by atoms with Gasteiger partial charge in [0.15, 0.2) is 5.96 Å². The number of aromatic nitrogens is 3. The molecule has 8 nitrogen and oxygen atoms in total. The van der Waals surface area contributed by atoms with Crippen molar-refractivity contribution in [3.8, 4) is 5.69 Å². The molecule has 0 amide bonds. The molecule has 3 rings (SSSR count). The Balaban J connectivity index is 1.38. The number of ether oxygens (including phenoxy) is 2. The third-order valence-electron chi connectivity index (χ3n) is 4.47. The van der Waals surface area contributed by atoms with E-state index in [2.05, 4.69) is 44.8 Å². The highest BCUT2D eigenvalue weighted by atomic mass is 16.5. The van der Waals surface area contributed by atoms with Crippen LogP contribution in [0.4, 0.5) is 0 Å². The number of hydrogen-bond donors (Lipinski definition) is 2. The third kappa shape index (κ3) is 6.61. The fourth-order valence-electron chi connectivity index (χ4n) is 2.98. The van der Waals surface area contributed by atoms with E-state index < -0.39 is 0 Å². The van der Waals surface area contributed by atoms with Gasteiger partial charge in [0, 0.05) is 26.3 Å². The Hall–Kier alpha value is -2.45. The van der Waals surface area contributed by atoms with E-state index in [1.54, 1.807) is 11.0 Å².